The topological polar surface area (TPSA) is 70.6 Å². The summed E-state index contributed by atoms with van der Waals surface area (Å²) in [5.41, 5.74) is 1.09. The van der Waals surface area contributed by atoms with Gasteiger partial charge in [0.15, 0.2) is 0 Å². The van der Waals surface area contributed by atoms with Crippen LogP contribution in [0, 0.1) is 5.92 Å². The Kier molecular flexibility index (Phi) is 6.71. The molecule has 3 unspecified atom stereocenters. The van der Waals surface area contributed by atoms with Crippen molar-refractivity contribution in [3.8, 4) is 5.75 Å². The number of nitrogens with one attached hydrogen (secondary N) is 2. The number of aliphatic hydroxyl groups excluding tert-OH is 1. The number of rotatable bonds is 6. The first-order valence-corrected chi connectivity index (χ1v) is 8.42. The van der Waals surface area contributed by atoms with Crippen molar-refractivity contribution in [3.63, 3.8) is 0 Å². The number of para-hydroxylation sites is 1. The lowest BCUT2D eigenvalue weighted by Crippen LogP contribution is -2.40. The predicted molar refractivity (Wildman–Crippen MR) is 90.8 cm³/mol. The van der Waals surface area contributed by atoms with Gasteiger partial charge in [-0.1, -0.05) is 31.5 Å². The Hall–Kier alpha value is -1.75. The maximum Gasteiger partial charge on any atom is 0.314 e. The van der Waals surface area contributed by atoms with Crippen molar-refractivity contribution in [3.05, 3.63) is 29.8 Å². The quantitative estimate of drug-likeness (QED) is 0.754. The van der Waals surface area contributed by atoms with Crippen LogP contribution in [0.15, 0.2) is 24.3 Å². The van der Waals surface area contributed by atoms with E-state index in [1.54, 1.807) is 7.11 Å². The smallest absolute Gasteiger partial charge is 0.314 e. The number of hydrogen-bond donors (Lipinski definition) is 3. The van der Waals surface area contributed by atoms with Crippen LogP contribution in [-0.2, 0) is 0 Å². The molecule has 0 saturated heterocycles. The summed E-state index contributed by atoms with van der Waals surface area (Å²) in [4.78, 5) is 11.9. The van der Waals surface area contributed by atoms with Crippen LogP contribution in [0.25, 0.3) is 0 Å². The minimum atomic E-state index is -0.204. The SMILES string of the molecule is COc1ccccc1C(C)CNC(=O)NCC1CCCC(O)C1. The van der Waals surface area contributed by atoms with Gasteiger partial charge in [0.25, 0.3) is 0 Å². The van der Waals surface area contributed by atoms with Crippen LogP contribution in [0.1, 0.15) is 44.1 Å². The average Bonchev–Trinajstić information content (AvgIpc) is 2.57. The molecule has 128 valence electrons. The summed E-state index contributed by atoms with van der Waals surface area (Å²) in [7, 11) is 1.66. The predicted octanol–water partition coefficient (Wildman–Crippen LogP) is 2.65. The highest BCUT2D eigenvalue weighted by atomic mass is 16.5. The Morgan fingerprint density at radius 1 is 1.35 bits per heavy atom. The molecular weight excluding hydrogens is 292 g/mol. The summed E-state index contributed by atoms with van der Waals surface area (Å²) in [6.07, 6.45) is 3.59. The maximum atomic E-state index is 11.9. The molecule has 1 fully saturated rings. The van der Waals surface area contributed by atoms with Crippen LogP contribution >= 0.6 is 0 Å². The molecule has 2 rings (SSSR count). The zero-order chi connectivity index (χ0) is 16.7. The first kappa shape index (κ1) is 17.6. The van der Waals surface area contributed by atoms with Crippen molar-refractivity contribution >= 4 is 6.03 Å². The molecule has 0 aromatic heterocycles. The zero-order valence-electron chi connectivity index (χ0n) is 14.0. The van der Waals surface area contributed by atoms with Crippen LogP contribution in [0.3, 0.4) is 0 Å². The van der Waals surface area contributed by atoms with Crippen LogP contribution in [0.5, 0.6) is 5.75 Å². The molecule has 3 N–H and O–H groups in total. The van der Waals surface area contributed by atoms with Crippen molar-refractivity contribution < 1.29 is 14.6 Å². The minimum absolute atomic E-state index is 0.146. The molecule has 3 atom stereocenters. The number of methoxy groups -OCH3 is 1. The van der Waals surface area contributed by atoms with Gasteiger partial charge in [-0.25, -0.2) is 4.79 Å². The molecule has 1 aromatic carbocycles. The molecule has 0 radical (unpaired) electrons. The third-order valence-electron chi connectivity index (χ3n) is 4.55. The molecule has 5 heteroatoms. The summed E-state index contributed by atoms with van der Waals surface area (Å²) >= 11 is 0. The third kappa shape index (κ3) is 5.43. The highest BCUT2D eigenvalue weighted by Gasteiger charge is 2.20. The maximum absolute atomic E-state index is 11.9. The van der Waals surface area contributed by atoms with Crippen molar-refractivity contribution in [1.29, 1.82) is 0 Å². The number of benzene rings is 1. The van der Waals surface area contributed by atoms with Crippen LogP contribution < -0.4 is 15.4 Å². The number of aliphatic hydroxyl groups is 1. The van der Waals surface area contributed by atoms with Gasteiger partial charge in [-0.3, -0.25) is 0 Å². The fraction of sp³-hybridized carbons (Fsp3) is 0.611. The third-order valence-corrected chi connectivity index (χ3v) is 4.55. The Morgan fingerprint density at radius 2 is 2.13 bits per heavy atom. The zero-order valence-corrected chi connectivity index (χ0v) is 14.0. The van der Waals surface area contributed by atoms with E-state index in [4.69, 9.17) is 4.74 Å². The molecule has 2 amide bonds. The van der Waals surface area contributed by atoms with Gasteiger partial charge in [-0.05, 0) is 36.8 Å². The molecule has 5 nitrogen and oxygen atoms in total. The minimum Gasteiger partial charge on any atom is -0.496 e. The molecule has 1 aromatic rings. The van der Waals surface area contributed by atoms with Crippen molar-refractivity contribution in [2.24, 2.45) is 5.92 Å². The first-order valence-electron chi connectivity index (χ1n) is 8.42. The highest BCUT2D eigenvalue weighted by molar-refractivity contribution is 5.73. The van der Waals surface area contributed by atoms with Gasteiger partial charge >= 0.3 is 6.03 Å². The van der Waals surface area contributed by atoms with E-state index in [-0.39, 0.29) is 18.1 Å². The van der Waals surface area contributed by atoms with Crippen LogP contribution in [0.2, 0.25) is 0 Å². The molecular formula is C18H28N2O3. The highest BCUT2D eigenvalue weighted by Crippen LogP contribution is 2.25. The number of hydrogen-bond acceptors (Lipinski definition) is 3. The van der Waals surface area contributed by atoms with E-state index in [1.807, 2.05) is 24.3 Å². The van der Waals surface area contributed by atoms with Crippen molar-refractivity contribution in [2.75, 3.05) is 20.2 Å². The second kappa shape index (κ2) is 8.77. The lowest BCUT2D eigenvalue weighted by atomic mass is 9.87. The Balaban J connectivity index is 1.73. The molecule has 0 spiro atoms. The Morgan fingerprint density at radius 3 is 2.87 bits per heavy atom. The summed E-state index contributed by atoms with van der Waals surface area (Å²) < 4.78 is 5.36. The first-order chi connectivity index (χ1) is 11.1. The molecule has 0 bridgehead atoms. The molecule has 0 heterocycles. The molecule has 0 aliphatic heterocycles. The van der Waals surface area contributed by atoms with Gasteiger partial charge < -0.3 is 20.5 Å². The van der Waals surface area contributed by atoms with E-state index in [2.05, 4.69) is 17.6 Å². The largest absolute Gasteiger partial charge is 0.496 e. The van der Waals surface area contributed by atoms with Crippen LogP contribution in [-0.4, -0.2) is 37.4 Å². The van der Waals surface area contributed by atoms with Gasteiger partial charge in [-0.15, -0.1) is 0 Å². The number of ether oxygens (including phenoxy) is 1. The molecule has 1 aliphatic rings. The van der Waals surface area contributed by atoms with E-state index >= 15 is 0 Å². The Bertz CT molecular complexity index is 507. The van der Waals surface area contributed by atoms with E-state index < -0.39 is 0 Å². The fourth-order valence-corrected chi connectivity index (χ4v) is 3.18. The summed E-state index contributed by atoms with van der Waals surface area (Å²) in [5.74, 6) is 1.41. The van der Waals surface area contributed by atoms with E-state index in [1.165, 1.54) is 0 Å². The van der Waals surface area contributed by atoms with Crippen molar-refractivity contribution in [1.82, 2.24) is 10.6 Å². The summed E-state index contributed by atoms with van der Waals surface area (Å²) in [6.45, 7) is 3.25. The van der Waals surface area contributed by atoms with E-state index in [0.717, 1.165) is 37.0 Å². The normalized spacial score (nSPS) is 22.2. The van der Waals surface area contributed by atoms with E-state index in [0.29, 0.717) is 19.0 Å². The molecule has 1 saturated carbocycles. The second-order valence-corrected chi connectivity index (χ2v) is 6.42. The summed E-state index contributed by atoms with van der Waals surface area (Å²) in [5, 5.41) is 15.5. The fourth-order valence-electron chi connectivity index (χ4n) is 3.18. The second-order valence-electron chi connectivity index (χ2n) is 6.42. The van der Waals surface area contributed by atoms with Crippen LogP contribution in [0.4, 0.5) is 4.79 Å². The number of urea groups is 1. The number of carbonyl (C=O) groups is 1. The van der Waals surface area contributed by atoms with Gasteiger partial charge in [0, 0.05) is 19.0 Å². The molecule has 1 aliphatic carbocycles. The van der Waals surface area contributed by atoms with Gasteiger partial charge in [-0.2, -0.15) is 0 Å². The van der Waals surface area contributed by atoms with Crippen molar-refractivity contribution in [2.45, 2.75) is 44.6 Å². The molecule has 23 heavy (non-hydrogen) atoms. The van der Waals surface area contributed by atoms with Gasteiger partial charge in [0.1, 0.15) is 5.75 Å². The monoisotopic (exact) mass is 320 g/mol. The van der Waals surface area contributed by atoms with Gasteiger partial charge in [0.2, 0.25) is 0 Å². The number of amides is 2. The summed E-state index contributed by atoms with van der Waals surface area (Å²) in [6, 6.07) is 7.72. The number of carbonyl (C=O) groups excluding carboxylic acids is 1. The van der Waals surface area contributed by atoms with Gasteiger partial charge in [0.05, 0.1) is 13.2 Å². The average molecular weight is 320 g/mol. The Labute approximate surface area is 138 Å². The lowest BCUT2D eigenvalue weighted by Gasteiger charge is -2.26. The van der Waals surface area contributed by atoms with E-state index in [9.17, 15) is 9.90 Å². The standard InChI is InChI=1S/C18H28N2O3/c1-13(16-8-3-4-9-17(16)23-2)11-19-18(22)20-12-14-6-5-7-15(21)10-14/h3-4,8-9,13-15,21H,5-7,10-12H2,1-2H3,(H2,19,20,22). The lowest BCUT2D eigenvalue weighted by molar-refractivity contribution is 0.101.